The monoisotopic (exact) mass is 452 g/mol. The second-order valence-corrected chi connectivity index (χ2v) is 11.9. The Labute approximate surface area is 203 Å². The van der Waals surface area contributed by atoms with Gasteiger partial charge < -0.3 is 0 Å². The number of ketones is 1. The number of hydrogen-bond acceptors (Lipinski definition) is 3. The van der Waals surface area contributed by atoms with Gasteiger partial charge in [0, 0.05) is 38.0 Å². The molecule has 0 radical (unpaired) electrons. The van der Waals surface area contributed by atoms with E-state index in [-0.39, 0.29) is 0 Å². The van der Waals surface area contributed by atoms with Crippen molar-refractivity contribution in [2.45, 2.75) is 102 Å². The van der Waals surface area contributed by atoms with Crippen molar-refractivity contribution in [2.75, 3.05) is 32.7 Å². The maximum Gasteiger partial charge on any atom is 0.138 e. The molecule has 0 aromatic carbocycles. The second-order valence-electron chi connectivity index (χ2n) is 11.9. The van der Waals surface area contributed by atoms with Crippen LogP contribution in [0.25, 0.3) is 0 Å². The number of rotatable bonds is 0. The lowest BCUT2D eigenvalue weighted by atomic mass is 9.64. The van der Waals surface area contributed by atoms with Gasteiger partial charge in [0.15, 0.2) is 0 Å². The van der Waals surface area contributed by atoms with Gasteiger partial charge in [-0.3, -0.25) is 14.6 Å². The fourth-order valence-corrected chi connectivity index (χ4v) is 8.10. The van der Waals surface area contributed by atoms with Gasteiger partial charge in [-0.15, -0.1) is 0 Å². The van der Waals surface area contributed by atoms with E-state index in [1.54, 1.807) is 5.57 Å². The molecule has 6 unspecified atom stereocenters. The first-order valence-electron chi connectivity index (χ1n) is 14.6. The van der Waals surface area contributed by atoms with Crippen LogP contribution in [0.15, 0.2) is 23.8 Å². The van der Waals surface area contributed by atoms with Gasteiger partial charge in [-0.25, -0.2) is 0 Å². The van der Waals surface area contributed by atoms with Crippen molar-refractivity contribution in [3.05, 3.63) is 23.8 Å². The van der Waals surface area contributed by atoms with E-state index in [0.717, 1.165) is 31.2 Å². The summed E-state index contributed by atoms with van der Waals surface area (Å²) in [5.74, 6) is 3.13. The van der Waals surface area contributed by atoms with Gasteiger partial charge in [-0.2, -0.15) is 0 Å². The Morgan fingerprint density at radius 2 is 1.55 bits per heavy atom. The summed E-state index contributed by atoms with van der Waals surface area (Å²) in [6.45, 7) is 6.01. The van der Waals surface area contributed by atoms with Gasteiger partial charge in [0.1, 0.15) is 5.78 Å². The topological polar surface area (TPSA) is 23.6 Å². The number of fused-ring (bicyclic) bond motifs is 1. The molecular formula is C30H48N2O. The summed E-state index contributed by atoms with van der Waals surface area (Å²) >= 11 is 0. The number of carbonyl (C=O) groups excluding carboxylic acids is 1. The van der Waals surface area contributed by atoms with E-state index in [2.05, 4.69) is 28.0 Å². The smallest absolute Gasteiger partial charge is 0.138 e. The third-order valence-electron chi connectivity index (χ3n) is 9.71. The molecule has 0 N–H and O–H groups in total. The van der Waals surface area contributed by atoms with E-state index in [9.17, 15) is 4.79 Å². The molecule has 5 aliphatic rings. The summed E-state index contributed by atoms with van der Waals surface area (Å²) in [5, 5.41) is 0. The number of piperidine rings is 2. The first kappa shape index (κ1) is 23.8. The van der Waals surface area contributed by atoms with Crippen LogP contribution >= 0.6 is 0 Å². The first-order valence-corrected chi connectivity index (χ1v) is 14.6. The zero-order valence-electron chi connectivity index (χ0n) is 21.1. The van der Waals surface area contributed by atoms with Crippen molar-refractivity contribution < 1.29 is 4.79 Å². The molecule has 2 fully saturated rings. The molecule has 4 heterocycles. The van der Waals surface area contributed by atoms with Crippen LogP contribution in [0, 0.1) is 23.7 Å². The highest BCUT2D eigenvalue weighted by molar-refractivity contribution is 5.82. The van der Waals surface area contributed by atoms with Crippen molar-refractivity contribution in [3.63, 3.8) is 0 Å². The Kier molecular flexibility index (Phi) is 8.41. The SMILES string of the molecule is O=C1CCN2CCC3C4C=C5CCCCCCC1C2C3CCCCCC=CCCCN(C5)C4. The first-order chi connectivity index (χ1) is 16.3. The zero-order valence-corrected chi connectivity index (χ0v) is 21.1. The fourth-order valence-electron chi connectivity index (χ4n) is 8.10. The molecule has 0 saturated carbocycles. The molecule has 0 aromatic heterocycles. The molecule has 3 heteroatoms. The molecule has 0 amide bonds. The number of hydrogen-bond donors (Lipinski definition) is 0. The minimum absolute atomic E-state index is 0.320. The third-order valence-corrected chi connectivity index (χ3v) is 9.71. The molecule has 4 aliphatic heterocycles. The Morgan fingerprint density at radius 3 is 2.48 bits per heavy atom. The summed E-state index contributed by atoms with van der Waals surface area (Å²) in [7, 11) is 0. The van der Waals surface area contributed by atoms with E-state index >= 15 is 0 Å². The summed E-state index contributed by atoms with van der Waals surface area (Å²) < 4.78 is 0. The van der Waals surface area contributed by atoms with E-state index < -0.39 is 0 Å². The van der Waals surface area contributed by atoms with Crippen LogP contribution in [-0.2, 0) is 4.79 Å². The molecule has 3 nitrogen and oxygen atoms in total. The Balaban J connectivity index is 1.47. The average Bonchev–Trinajstić information content (AvgIpc) is 2.82. The highest BCUT2D eigenvalue weighted by atomic mass is 16.1. The minimum atomic E-state index is 0.320. The van der Waals surface area contributed by atoms with Crippen LogP contribution in [0.5, 0.6) is 0 Å². The van der Waals surface area contributed by atoms with Crippen LogP contribution in [0.4, 0.5) is 0 Å². The molecule has 0 aromatic rings. The average molecular weight is 453 g/mol. The van der Waals surface area contributed by atoms with Crippen molar-refractivity contribution >= 4 is 5.78 Å². The maximum atomic E-state index is 13.3. The lowest BCUT2D eigenvalue weighted by molar-refractivity contribution is -0.135. The summed E-state index contributed by atoms with van der Waals surface area (Å²) in [5.41, 5.74) is 1.74. The second kappa shape index (κ2) is 11.7. The van der Waals surface area contributed by atoms with Gasteiger partial charge in [-0.1, -0.05) is 55.9 Å². The molecule has 2 saturated heterocycles. The highest BCUT2D eigenvalue weighted by Crippen LogP contribution is 2.45. The van der Waals surface area contributed by atoms with Crippen molar-refractivity contribution in [3.8, 4) is 0 Å². The quantitative estimate of drug-likeness (QED) is 0.398. The highest BCUT2D eigenvalue weighted by Gasteiger charge is 2.48. The number of carbonyl (C=O) groups is 1. The molecule has 1 aliphatic carbocycles. The molecule has 33 heavy (non-hydrogen) atoms. The van der Waals surface area contributed by atoms with Gasteiger partial charge in [0.05, 0.1) is 0 Å². The lowest BCUT2D eigenvalue weighted by Crippen LogP contribution is -2.59. The molecule has 184 valence electrons. The Bertz CT molecular complexity index is 712. The largest absolute Gasteiger partial charge is 0.299 e. The predicted molar refractivity (Wildman–Crippen MR) is 137 cm³/mol. The minimum Gasteiger partial charge on any atom is -0.299 e. The van der Waals surface area contributed by atoms with Gasteiger partial charge >= 0.3 is 0 Å². The standard InChI is InChI=1S/C30H48N2O/c33-29-17-20-32-19-16-26-25-21-24-13-9-6-7-11-15-28(29)30(32)27(26)14-10-5-3-1-2-4-8-12-18-31(22-24)23-25/h2,4,21,25-28,30H,1,3,5-20,22-23H2. The van der Waals surface area contributed by atoms with E-state index in [1.807, 2.05) is 0 Å². The maximum absolute atomic E-state index is 13.3. The van der Waals surface area contributed by atoms with Crippen LogP contribution in [0.3, 0.4) is 0 Å². The van der Waals surface area contributed by atoms with Crippen LogP contribution in [0.1, 0.15) is 96.3 Å². The van der Waals surface area contributed by atoms with Gasteiger partial charge in [0.25, 0.3) is 0 Å². The normalized spacial score (nSPS) is 39.5. The summed E-state index contributed by atoms with van der Waals surface area (Å²) in [6.07, 6.45) is 26.7. The molecule has 0 spiro atoms. The molecule has 6 atom stereocenters. The van der Waals surface area contributed by atoms with Crippen LogP contribution in [-0.4, -0.2) is 54.3 Å². The number of allylic oxidation sites excluding steroid dienone is 2. The Morgan fingerprint density at radius 1 is 0.727 bits per heavy atom. The molecular weight excluding hydrogens is 404 g/mol. The Hall–Kier alpha value is -0.930. The predicted octanol–water partition coefficient (Wildman–Crippen LogP) is 6.40. The number of nitrogens with zero attached hydrogens (tertiary/aromatic N) is 2. The van der Waals surface area contributed by atoms with E-state index in [4.69, 9.17) is 0 Å². The lowest BCUT2D eigenvalue weighted by Gasteiger charge is -2.53. The fraction of sp³-hybridized carbons (Fsp3) is 0.833. The zero-order chi connectivity index (χ0) is 22.5. The summed E-state index contributed by atoms with van der Waals surface area (Å²) in [4.78, 5) is 18.8. The number of Topliss-reactive ketones (excluding diaryl/α,β-unsaturated/α-hetero) is 1. The summed E-state index contributed by atoms with van der Waals surface area (Å²) in [6, 6.07) is 0.536. The van der Waals surface area contributed by atoms with Crippen LogP contribution in [0.2, 0.25) is 0 Å². The van der Waals surface area contributed by atoms with E-state index in [1.165, 1.54) is 110 Å². The molecule has 6 bridgehead atoms. The van der Waals surface area contributed by atoms with Crippen molar-refractivity contribution in [1.29, 1.82) is 0 Å². The third kappa shape index (κ3) is 5.84. The van der Waals surface area contributed by atoms with Gasteiger partial charge in [0.2, 0.25) is 0 Å². The molecule has 5 rings (SSSR count). The van der Waals surface area contributed by atoms with Crippen LogP contribution < -0.4 is 0 Å². The van der Waals surface area contributed by atoms with Crippen molar-refractivity contribution in [1.82, 2.24) is 9.80 Å². The van der Waals surface area contributed by atoms with Crippen molar-refractivity contribution in [2.24, 2.45) is 23.7 Å². The van der Waals surface area contributed by atoms with E-state index in [0.29, 0.717) is 23.7 Å². The van der Waals surface area contributed by atoms with Gasteiger partial charge in [-0.05, 0) is 88.6 Å².